The SMILES string of the molecule is Cc1[nH]ncc1CNS(=O)(=O)c1ccc(O)c(N)c1. The maximum atomic E-state index is 12.0. The zero-order valence-corrected chi connectivity index (χ0v) is 11.0. The molecule has 0 saturated heterocycles. The van der Waals surface area contributed by atoms with E-state index in [1.165, 1.54) is 18.2 Å². The molecule has 2 aromatic rings. The fourth-order valence-corrected chi connectivity index (χ4v) is 2.55. The van der Waals surface area contributed by atoms with Crippen LogP contribution in [0.2, 0.25) is 0 Å². The number of hydrogen-bond acceptors (Lipinski definition) is 5. The van der Waals surface area contributed by atoms with Crippen molar-refractivity contribution in [2.75, 3.05) is 5.73 Å². The number of phenolic OH excluding ortho intramolecular Hbond substituents is 1. The fourth-order valence-electron chi connectivity index (χ4n) is 1.51. The van der Waals surface area contributed by atoms with Crippen LogP contribution < -0.4 is 10.5 Å². The highest BCUT2D eigenvalue weighted by atomic mass is 32.2. The van der Waals surface area contributed by atoms with Crippen LogP contribution in [-0.2, 0) is 16.6 Å². The Morgan fingerprint density at radius 2 is 2.21 bits per heavy atom. The van der Waals surface area contributed by atoms with E-state index in [-0.39, 0.29) is 22.9 Å². The lowest BCUT2D eigenvalue weighted by molar-refractivity contribution is 0.477. The number of sulfonamides is 1. The molecule has 0 aliphatic heterocycles. The molecule has 19 heavy (non-hydrogen) atoms. The number of hydrogen-bond donors (Lipinski definition) is 4. The second kappa shape index (κ2) is 4.90. The van der Waals surface area contributed by atoms with Crippen molar-refractivity contribution < 1.29 is 13.5 Å². The Bertz CT molecular complexity index is 694. The number of aryl methyl sites for hydroxylation is 1. The summed E-state index contributed by atoms with van der Waals surface area (Å²) in [6, 6.07) is 3.74. The third kappa shape index (κ3) is 2.85. The highest BCUT2D eigenvalue weighted by Crippen LogP contribution is 2.23. The summed E-state index contributed by atoms with van der Waals surface area (Å²) in [4.78, 5) is 0.00366. The lowest BCUT2D eigenvalue weighted by atomic mass is 10.3. The van der Waals surface area contributed by atoms with Gasteiger partial charge in [0.05, 0.1) is 16.8 Å². The second-order valence-corrected chi connectivity index (χ2v) is 5.83. The third-order valence-electron chi connectivity index (χ3n) is 2.70. The Balaban J connectivity index is 2.18. The monoisotopic (exact) mass is 282 g/mol. The number of rotatable bonds is 4. The van der Waals surface area contributed by atoms with Crippen molar-refractivity contribution in [1.29, 1.82) is 0 Å². The molecule has 0 unspecified atom stereocenters. The summed E-state index contributed by atoms with van der Waals surface area (Å²) in [6.45, 7) is 1.93. The molecule has 8 heteroatoms. The summed E-state index contributed by atoms with van der Waals surface area (Å²) in [6.07, 6.45) is 1.56. The molecule has 0 bridgehead atoms. The summed E-state index contributed by atoms with van der Waals surface area (Å²) < 4.78 is 26.5. The van der Waals surface area contributed by atoms with Crippen LogP contribution in [0.15, 0.2) is 29.3 Å². The van der Waals surface area contributed by atoms with E-state index in [0.29, 0.717) is 0 Å². The largest absolute Gasteiger partial charge is 0.506 e. The van der Waals surface area contributed by atoms with E-state index >= 15 is 0 Å². The minimum absolute atomic E-state index is 0.00366. The summed E-state index contributed by atoms with van der Waals surface area (Å²) in [5.41, 5.74) is 7.05. The molecule has 2 rings (SSSR count). The summed E-state index contributed by atoms with van der Waals surface area (Å²) in [5.74, 6) is -0.148. The zero-order chi connectivity index (χ0) is 14.0. The molecule has 5 N–H and O–H groups in total. The number of nitrogens with two attached hydrogens (primary N) is 1. The fraction of sp³-hybridized carbons (Fsp3) is 0.182. The van der Waals surface area contributed by atoms with Crippen molar-refractivity contribution in [1.82, 2.24) is 14.9 Å². The molecule has 0 saturated carbocycles. The molecule has 1 aromatic carbocycles. The van der Waals surface area contributed by atoms with Crippen LogP contribution >= 0.6 is 0 Å². The number of H-pyrrole nitrogens is 1. The summed E-state index contributed by atoms with van der Waals surface area (Å²) in [5, 5.41) is 15.8. The maximum Gasteiger partial charge on any atom is 0.240 e. The average Bonchev–Trinajstić information content (AvgIpc) is 2.76. The number of nitrogens with one attached hydrogen (secondary N) is 2. The first kappa shape index (κ1) is 13.4. The van der Waals surface area contributed by atoms with Crippen LogP contribution in [0, 0.1) is 6.92 Å². The van der Waals surface area contributed by atoms with Crippen LogP contribution in [0.1, 0.15) is 11.3 Å². The molecular formula is C11H14N4O3S. The van der Waals surface area contributed by atoms with Gasteiger partial charge in [0.15, 0.2) is 0 Å². The zero-order valence-electron chi connectivity index (χ0n) is 10.2. The van der Waals surface area contributed by atoms with E-state index in [0.717, 1.165) is 11.3 Å². The van der Waals surface area contributed by atoms with Gasteiger partial charge in [-0.25, -0.2) is 13.1 Å². The van der Waals surface area contributed by atoms with E-state index < -0.39 is 10.0 Å². The van der Waals surface area contributed by atoms with Crippen molar-refractivity contribution in [2.45, 2.75) is 18.4 Å². The van der Waals surface area contributed by atoms with Crippen LogP contribution in [0.5, 0.6) is 5.75 Å². The lowest BCUT2D eigenvalue weighted by Gasteiger charge is -2.07. The number of phenols is 1. The number of benzene rings is 1. The first-order chi connectivity index (χ1) is 8.90. The summed E-state index contributed by atoms with van der Waals surface area (Å²) >= 11 is 0. The number of nitrogen functional groups attached to an aromatic ring is 1. The van der Waals surface area contributed by atoms with Crippen LogP contribution in [0.25, 0.3) is 0 Å². The number of aromatic nitrogens is 2. The predicted octanol–water partition coefficient (Wildman–Crippen LogP) is 0.484. The normalized spacial score (nSPS) is 11.6. The molecule has 0 aliphatic rings. The molecule has 0 aliphatic carbocycles. The first-order valence-electron chi connectivity index (χ1n) is 5.47. The summed E-state index contributed by atoms with van der Waals surface area (Å²) in [7, 11) is -3.68. The number of nitrogens with zero attached hydrogens (tertiary/aromatic N) is 1. The number of anilines is 1. The molecule has 0 atom stereocenters. The smallest absolute Gasteiger partial charge is 0.240 e. The average molecular weight is 282 g/mol. The number of aromatic amines is 1. The molecule has 0 radical (unpaired) electrons. The van der Waals surface area contributed by atoms with E-state index in [1.54, 1.807) is 13.1 Å². The van der Waals surface area contributed by atoms with Crippen molar-refractivity contribution in [3.63, 3.8) is 0 Å². The van der Waals surface area contributed by atoms with Gasteiger partial charge in [0.1, 0.15) is 5.75 Å². The van der Waals surface area contributed by atoms with Crippen molar-refractivity contribution >= 4 is 15.7 Å². The Kier molecular flexibility index (Phi) is 3.45. The maximum absolute atomic E-state index is 12.0. The van der Waals surface area contributed by atoms with Crippen molar-refractivity contribution in [3.8, 4) is 5.75 Å². The van der Waals surface area contributed by atoms with Gasteiger partial charge in [-0.3, -0.25) is 5.10 Å². The Morgan fingerprint density at radius 3 is 2.79 bits per heavy atom. The van der Waals surface area contributed by atoms with Gasteiger partial charge in [-0.1, -0.05) is 0 Å². The molecule has 0 fully saturated rings. The molecule has 7 nitrogen and oxygen atoms in total. The second-order valence-electron chi connectivity index (χ2n) is 4.07. The predicted molar refractivity (Wildman–Crippen MR) is 69.9 cm³/mol. The van der Waals surface area contributed by atoms with Crippen LogP contribution in [0.3, 0.4) is 0 Å². The van der Waals surface area contributed by atoms with Crippen molar-refractivity contribution in [2.24, 2.45) is 0 Å². The molecule has 102 valence electrons. The van der Waals surface area contributed by atoms with Crippen LogP contribution in [0.4, 0.5) is 5.69 Å². The minimum atomic E-state index is -3.68. The van der Waals surface area contributed by atoms with E-state index in [2.05, 4.69) is 14.9 Å². The van der Waals surface area contributed by atoms with Crippen LogP contribution in [-0.4, -0.2) is 23.7 Å². The van der Waals surface area contributed by atoms with Gasteiger partial charge in [-0.15, -0.1) is 0 Å². The van der Waals surface area contributed by atoms with Crippen molar-refractivity contribution in [3.05, 3.63) is 35.7 Å². The first-order valence-corrected chi connectivity index (χ1v) is 6.95. The molecule has 1 heterocycles. The van der Waals surface area contributed by atoms with Gasteiger partial charge in [0.25, 0.3) is 0 Å². The molecule has 0 spiro atoms. The topological polar surface area (TPSA) is 121 Å². The molecule has 1 aromatic heterocycles. The minimum Gasteiger partial charge on any atom is -0.506 e. The third-order valence-corrected chi connectivity index (χ3v) is 4.10. The van der Waals surface area contributed by atoms with E-state index in [1.807, 2.05) is 0 Å². The Hall–Kier alpha value is -2.06. The van der Waals surface area contributed by atoms with Gasteiger partial charge in [0, 0.05) is 17.8 Å². The standard InChI is InChI=1S/C11H14N4O3S/c1-7-8(5-13-15-7)6-14-19(17,18)9-2-3-11(16)10(12)4-9/h2-5,14,16H,6,12H2,1H3,(H,13,15). The lowest BCUT2D eigenvalue weighted by Crippen LogP contribution is -2.23. The molecule has 0 amide bonds. The Labute approximate surface area is 110 Å². The van der Waals surface area contributed by atoms with Gasteiger partial charge < -0.3 is 10.8 Å². The van der Waals surface area contributed by atoms with E-state index in [4.69, 9.17) is 5.73 Å². The van der Waals surface area contributed by atoms with Gasteiger partial charge >= 0.3 is 0 Å². The quantitative estimate of drug-likeness (QED) is 0.480. The molecular weight excluding hydrogens is 268 g/mol. The Morgan fingerprint density at radius 1 is 1.47 bits per heavy atom. The highest BCUT2D eigenvalue weighted by Gasteiger charge is 2.15. The van der Waals surface area contributed by atoms with Gasteiger partial charge in [-0.05, 0) is 25.1 Å². The van der Waals surface area contributed by atoms with E-state index in [9.17, 15) is 13.5 Å². The number of aromatic hydroxyl groups is 1. The highest BCUT2D eigenvalue weighted by molar-refractivity contribution is 7.89. The van der Waals surface area contributed by atoms with Gasteiger partial charge in [0.2, 0.25) is 10.0 Å². The van der Waals surface area contributed by atoms with Gasteiger partial charge in [-0.2, -0.15) is 5.10 Å².